The Hall–Kier alpha value is -2.15. The smallest absolute Gasteiger partial charge is 0.341 e. The number of imidazole rings is 1. The molecular formula is C13H14N2O4S. The first-order valence-corrected chi connectivity index (χ1v) is 7.65. The minimum Gasteiger partial charge on any atom is -0.341 e. The number of benzene rings is 1. The van der Waals surface area contributed by atoms with Crippen molar-refractivity contribution in [1.82, 2.24) is 9.97 Å². The molecule has 1 aromatic carbocycles. The Kier molecular flexibility index (Phi) is 3.63. The van der Waals surface area contributed by atoms with Crippen molar-refractivity contribution >= 4 is 16.1 Å². The highest BCUT2D eigenvalue weighted by Crippen LogP contribution is 2.19. The number of hydrogen-bond donors (Lipinski definition) is 1. The average Bonchev–Trinajstić information content (AvgIpc) is 2.69. The summed E-state index contributed by atoms with van der Waals surface area (Å²) in [7, 11) is -3.85. The third-order valence-corrected chi connectivity index (χ3v) is 3.05. The van der Waals surface area contributed by atoms with Gasteiger partial charge in [0.1, 0.15) is 5.82 Å². The number of aromatic nitrogens is 2. The summed E-state index contributed by atoms with van der Waals surface area (Å²) in [5, 5.41) is 0. The van der Waals surface area contributed by atoms with Crippen LogP contribution in [0.15, 0.2) is 24.3 Å². The van der Waals surface area contributed by atoms with Crippen LogP contribution in [0.2, 0.25) is 0 Å². The molecule has 0 bridgehead atoms. The van der Waals surface area contributed by atoms with E-state index in [4.69, 9.17) is 0 Å². The van der Waals surface area contributed by atoms with Gasteiger partial charge >= 0.3 is 16.1 Å². The van der Waals surface area contributed by atoms with Gasteiger partial charge in [-0.25, -0.2) is 9.78 Å². The van der Waals surface area contributed by atoms with Crippen molar-refractivity contribution < 1.29 is 17.4 Å². The van der Waals surface area contributed by atoms with Crippen molar-refractivity contribution in [2.24, 2.45) is 0 Å². The van der Waals surface area contributed by atoms with E-state index in [1.165, 1.54) is 0 Å². The fourth-order valence-electron chi connectivity index (χ4n) is 1.77. The number of nitrogens with zero attached hydrogens (tertiary/aromatic N) is 1. The highest BCUT2D eigenvalue weighted by Gasteiger charge is 2.20. The molecule has 0 aliphatic heterocycles. The number of aromatic amines is 1. The van der Waals surface area contributed by atoms with E-state index in [9.17, 15) is 13.2 Å². The number of nitrogens with one attached hydrogen (secondary N) is 1. The second-order valence-corrected chi connectivity index (χ2v) is 6.08. The zero-order valence-electron chi connectivity index (χ0n) is 11.3. The third kappa shape index (κ3) is 3.24. The van der Waals surface area contributed by atoms with E-state index in [1.807, 2.05) is 31.2 Å². The van der Waals surface area contributed by atoms with Crippen LogP contribution < -0.4 is 0 Å². The molecule has 2 aromatic rings. The Morgan fingerprint density at radius 1 is 1.30 bits per heavy atom. The van der Waals surface area contributed by atoms with Gasteiger partial charge < -0.3 is 9.17 Å². The number of carbonyl (C=O) groups excluding carboxylic acids is 1. The Labute approximate surface area is 116 Å². The van der Waals surface area contributed by atoms with Crippen molar-refractivity contribution in [1.29, 1.82) is 0 Å². The van der Waals surface area contributed by atoms with Gasteiger partial charge in [-0.05, 0) is 19.9 Å². The molecular weight excluding hydrogens is 280 g/mol. The molecule has 0 aliphatic carbocycles. The van der Waals surface area contributed by atoms with Crippen LogP contribution in [0.3, 0.4) is 0 Å². The summed E-state index contributed by atoms with van der Waals surface area (Å²) in [6.07, 6.45) is 0.814. The van der Waals surface area contributed by atoms with Crippen LogP contribution in [-0.4, -0.2) is 30.6 Å². The zero-order chi connectivity index (χ0) is 14.9. The summed E-state index contributed by atoms with van der Waals surface area (Å²) in [5.74, 6) is -0.494. The molecule has 0 radical (unpaired) electrons. The van der Waals surface area contributed by atoms with E-state index in [0.29, 0.717) is 11.5 Å². The largest absolute Gasteiger partial charge is 0.374 e. The van der Waals surface area contributed by atoms with Gasteiger partial charge in [0.15, 0.2) is 5.69 Å². The predicted molar refractivity (Wildman–Crippen MR) is 73.8 cm³/mol. The predicted octanol–water partition coefficient (Wildman–Crippen LogP) is 1.81. The minimum atomic E-state index is -3.85. The van der Waals surface area contributed by atoms with E-state index < -0.39 is 16.1 Å². The Morgan fingerprint density at radius 3 is 2.60 bits per heavy atom. The van der Waals surface area contributed by atoms with Gasteiger partial charge in [-0.1, -0.05) is 23.8 Å². The number of H-pyrrole nitrogens is 1. The van der Waals surface area contributed by atoms with Crippen molar-refractivity contribution in [2.75, 3.05) is 6.26 Å². The molecule has 106 valence electrons. The monoisotopic (exact) mass is 294 g/mol. The summed E-state index contributed by atoms with van der Waals surface area (Å²) in [6, 6.07) is 7.57. The first kappa shape index (κ1) is 14.3. The summed E-state index contributed by atoms with van der Waals surface area (Å²) in [6.45, 7) is 3.57. The molecule has 0 fully saturated rings. The molecule has 0 saturated carbocycles. The van der Waals surface area contributed by atoms with Crippen molar-refractivity contribution in [2.45, 2.75) is 13.8 Å². The maximum Gasteiger partial charge on any atom is 0.374 e. The van der Waals surface area contributed by atoms with Gasteiger partial charge in [0.2, 0.25) is 0 Å². The van der Waals surface area contributed by atoms with Crippen molar-refractivity contribution in [3.63, 3.8) is 0 Å². The van der Waals surface area contributed by atoms with E-state index in [1.54, 1.807) is 6.92 Å². The fourth-order valence-corrected chi connectivity index (χ4v) is 2.12. The maximum absolute atomic E-state index is 11.7. The Bertz CT molecular complexity index is 762. The first-order chi connectivity index (χ1) is 9.26. The quantitative estimate of drug-likeness (QED) is 0.872. The van der Waals surface area contributed by atoms with Gasteiger partial charge in [-0.3, -0.25) is 0 Å². The van der Waals surface area contributed by atoms with Crippen LogP contribution in [-0.2, 0) is 14.3 Å². The molecule has 1 aromatic heterocycles. The lowest BCUT2D eigenvalue weighted by molar-refractivity contribution is 0.0742. The average molecular weight is 294 g/mol. The first-order valence-electron chi connectivity index (χ1n) is 5.84. The van der Waals surface area contributed by atoms with Crippen LogP contribution in [0.4, 0.5) is 0 Å². The molecule has 0 spiro atoms. The van der Waals surface area contributed by atoms with Gasteiger partial charge in [0.25, 0.3) is 0 Å². The topological polar surface area (TPSA) is 89.1 Å². The van der Waals surface area contributed by atoms with Crippen LogP contribution in [0, 0.1) is 13.8 Å². The summed E-state index contributed by atoms with van der Waals surface area (Å²) < 4.78 is 26.3. The second kappa shape index (κ2) is 5.09. The lowest BCUT2D eigenvalue weighted by atomic mass is 10.1. The zero-order valence-corrected chi connectivity index (χ0v) is 12.1. The molecule has 2 rings (SSSR count). The molecule has 0 atom stereocenters. The molecule has 0 aliphatic rings. The van der Waals surface area contributed by atoms with Gasteiger partial charge in [0.05, 0.1) is 6.26 Å². The summed E-state index contributed by atoms with van der Waals surface area (Å²) in [4.78, 5) is 18.8. The van der Waals surface area contributed by atoms with Gasteiger partial charge in [-0.15, -0.1) is 0 Å². The number of rotatable bonds is 3. The third-order valence-electron chi connectivity index (χ3n) is 2.60. The number of aryl methyl sites for hydroxylation is 2. The molecule has 0 unspecified atom stereocenters. The van der Waals surface area contributed by atoms with Crippen molar-refractivity contribution in [3.8, 4) is 11.4 Å². The standard InChI is InChI=1S/C13H14N2O4S/c1-8-5-4-6-10(7-8)12-14-9(2)11(15-12)13(16)19-20(3,17)18/h4-7H,1-3H3,(H,14,15). The SMILES string of the molecule is Cc1cccc(-c2nc(C(=O)OS(C)(=O)=O)c(C)[nH]2)c1. The van der Waals surface area contributed by atoms with Crippen LogP contribution in [0.5, 0.6) is 0 Å². The molecule has 0 saturated heterocycles. The molecule has 1 heterocycles. The van der Waals surface area contributed by atoms with Gasteiger partial charge in [-0.2, -0.15) is 8.42 Å². The van der Waals surface area contributed by atoms with Crippen LogP contribution in [0.25, 0.3) is 11.4 Å². The van der Waals surface area contributed by atoms with Gasteiger partial charge in [0, 0.05) is 11.3 Å². The lowest BCUT2D eigenvalue weighted by Crippen LogP contribution is -2.12. The number of hydrogen-bond acceptors (Lipinski definition) is 5. The fraction of sp³-hybridized carbons (Fsp3) is 0.231. The maximum atomic E-state index is 11.7. The number of carbonyl (C=O) groups is 1. The lowest BCUT2D eigenvalue weighted by Gasteiger charge is -1.98. The van der Waals surface area contributed by atoms with Crippen molar-refractivity contribution in [3.05, 3.63) is 41.2 Å². The second-order valence-electron chi connectivity index (χ2n) is 4.50. The minimum absolute atomic E-state index is 0.0352. The molecule has 20 heavy (non-hydrogen) atoms. The Morgan fingerprint density at radius 2 is 2.00 bits per heavy atom. The van der Waals surface area contributed by atoms with E-state index in [-0.39, 0.29) is 5.69 Å². The van der Waals surface area contributed by atoms with Crippen LogP contribution >= 0.6 is 0 Å². The highest BCUT2D eigenvalue weighted by atomic mass is 32.2. The molecule has 7 heteroatoms. The summed E-state index contributed by atoms with van der Waals surface area (Å²) >= 11 is 0. The molecule has 1 N–H and O–H groups in total. The molecule has 6 nitrogen and oxygen atoms in total. The summed E-state index contributed by atoms with van der Waals surface area (Å²) in [5.41, 5.74) is 2.28. The van der Waals surface area contributed by atoms with Crippen LogP contribution in [0.1, 0.15) is 21.7 Å². The van der Waals surface area contributed by atoms with E-state index in [0.717, 1.165) is 17.4 Å². The molecule has 0 amide bonds. The van der Waals surface area contributed by atoms with E-state index in [2.05, 4.69) is 14.2 Å². The highest BCUT2D eigenvalue weighted by molar-refractivity contribution is 7.86. The van der Waals surface area contributed by atoms with E-state index >= 15 is 0 Å². The normalized spacial score (nSPS) is 11.3. The Balaban J connectivity index is 2.37.